The van der Waals surface area contributed by atoms with E-state index in [1.165, 1.54) is 0 Å². The quantitative estimate of drug-likeness (QED) is 0.809. The lowest BCUT2D eigenvalue weighted by molar-refractivity contribution is -0.176. The van der Waals surface area contributed by atoms with E-state index in [2.05, 4.69) is 10.1 Å². The van der Waals surface area contributed by atoms with E-state index in [0.29, 0.717) is 12.1 Å². The van der Waals surface area contributed by atoms with Crippen molar-refractivity contribution in [3.05, 3.63) is 35.4 Å². The van der Waals surface area contributed by atoms with Crippen molar-refractivity contribution in [2.75, 3.05) is 13.2 Å². The van der Waals surface area contributed by atoms with E-state index >= 15 is 0 Å². The lowest BCUT2D eigenvalue weighted by atomic mass is 10.1. The summed E-state index contributed by atoms with van der Waals surface area (Å²) in [7, 11) is 0. The highest BCUT2D eigenvalue weighted by Gasteiger charge is 2.27. The highest BCUT2D eigenvalue weighted by molar-refractivity contribution is 5.78. The molecule has 1 rings (SSSR count). The maximum atomic E-state index is 11.9. The van der Waals surface area contributed by atoms with Gasteiger partial charge in [-0.1, -0.05) is 31.2 Å². The van der Waals surface area contributed by atoms with Gasteiger partial charge in [0.2, 0.25) is 5.91 Å². The van der Waals surface area contributed by atoms with Gasteiger partial charge in [0.1, 0.15) is 6.61 Å². The number of benzene rings is 1. The molecule has 21 heavy (non-hydrogen) atoms. The lowest BCUT2D eigenvalue weighted by Gasteiger charge is -2.11. The van der Waals surface area contributed by atoms with Gasteiger partial charge in [-0.05, 0) is 11.1 Å². The van der Waals surface area contributed by atoms with Crippen molar-refractivity contribution in [1.29, 1.82) is 0 Å². The molecule has 118 valence electrons. The Bertz CT molecular complexity index is 447. The second-order valence-electron chi connectivity index (χ2n) is 4.78. The summed E-state index contributed by atoms with van der Waals surface area (Å²) in [5.74, 6) is -0.380. The molecule has 7 heteroatoms. The maximum Gasteiger partial charge on any atom is 0.411 e. The lowest BCUT2D eigenvalue weighted by Crippen LogP contribution is -2.32. The van der Waals surface area contributed by atoms with E-state index in [-0.39, 0.29) is 25.0 Å². The largest absolute Gasteiger partial charge is 0.411 e. The highest BCUT2D eigenvalue weighted by atomic mass is 19.4. The number of halogens is 3. The Morgan fingerprint density at radius 3 is 2.38 bits per heavy atom. The molecule has 0 fully saturated rings. The van der Waals surface area contributed by atoms with E-state index in [1.807, 2.05) is 0 Å². The van der Waals surface area contributed by atoms with Crippen LogP contribution >= 0.6 is 0 Å². The number of alkyl halides is 3. The summed E-state index contributed by atoms with van der Waals surface area (Å²) in [6, 6.07) is 6.81. The summed E-state index contributed by atoms with van der Waals surface area (Å²) in [6.07, 6.45) is -4.32. The Morgan fingerprint density at radius 2 is 1.86 bits per heavy atom. The summed E-state index contributed by atoms with van der Waals surface area (Å²) >= 11 is 0. The number of hydrogen-bond acceptors (Lipinski definition) is 3. The minimum atomic E-state index is -4.32. The van der Waals surface area contributed by atoms with Gasteiger partial charge >= 0.3 is 6.18 Å². The van der Waals surface area contributed by atoms with Crippen molar-refractivity contribution in [2.24, 2.45) is 11.7 Å². The molecule has 0 radical (unpaired) electrons. The van der Waals surface area contributed by atoms with Crippen LogP contribution in [0.15, 0.2) is 24.3 Å². The number of carbonyl (C=O) groups is 1. The summed E-state index contributed by atoms with van der Waals surface area (Å²) in [4.78, 5) is 11.5. The second kappa shape index (κ2) is 7.99. The number of hydrogen-bond donors (Lipinski definition) is 2. The molecule has 0 aliphatic heterocycles. The average molecular weight is 304 g/mol. The molecule has 0 aliphatic rings. The van der Waals surface area contributed by atoms with Gasteiger partial charge in [-0.25, -0.2) is 0 Å². The Kier molecular flexibility index (Phi) is 6.64. The normalized spacial score (nSPS) is 13.0. The molecular formula is C14H19F3N2O2. The smallest absolute Gasteiger partial charge is 0.367 e. The van der Waals surface area contributed by atoms with Crippen LogP contribution in [-0.4, -0.2) is 25.2 Å². The summed E-state index contributed by atoms with van der Waals surface area (Å²) in [6.45, 7) is 1.00. The Morgan fingerprint density at radius 1 is 1.29 bits per heavy atom. The Hall–Kier alpha value is -1.60. The first-order valence-electron chi connectivity index (χ1n) is 6.52. The van der Waals surface area contributed by atoms with Gasteiger partial charge in [-0.3, -0.25) is 4.79 Å². The molecule has 0 aromatic heterocycles. The van der Waals surface area contributed by atoms with Gasteiger partial charge < -0.3 is 15.8 Å². The van der Waals surface area contributed by atoms with Crippen LogP contribution in [0.5, 0.6) is 0 Å². The third-order valence-electron chi connectivity index (χ3n) is 2.83. The summed E-state index contributed by atoms with van der Waals surface area (Å²) in [5, 5.41) is 2.73. The van der Waals surface area contributed by atoms with Crippen LogP contribution in [0.3, 0.4) is 0 Å². The zero-order valence-electron chi connectivity index (χ0n) is 11.7. The van der Waals surface area contributed by atoms with Crippen LogP contribution in [-0.2, 0) is 22.7 Å². The topological polar surface area (TPSA) is 64.4 Å². The first-order valence-corrected chi connectivity index (χ1v) is 6.52. The molecular weight excluding hydrogens is 285 g/mol. The fourth-order valence-corrected chi connectivity index (χ4v) is 1.51. The zero-order valence-corrected chi connectivity index (χ0v) is 11.7. The van der Waals surface area contributed by atoms with Gasteiger partial charge in [0.25, 0.3) is 0 Å². The Balaban J connectivity index is 2.38. The van der Waals surface area contributed by atoms with Crippen molar-refractivity contribution >= 4 is 5.91 Å². The standard InChI is InChI=1S/C14H19F3N2O2/c1-10(6-18)13(20)19-7-11-2-4-12(5-3-11)8-21-9-14(15,16)17/h2-5,10H,6-9,18H2,1H3,(H,19,20). The van der Waals surface area contributed by atoms with Crippen molar-refractivity contribution in [1.82, 2.24) is 5.32 Å². The minimum Gasteiger partial charge on any atom is -0.367 e. The molecule has 1 atom stereocenters. The number of ether oxygens (including phenoxy) is 1. The van der Waals surface area contributed by atoms with E-state index in [0.717, 1.165) is 5.56 Å². The predicted octanol–water partition coefficient (Wildman–Crippen LogP) is 1.98. The second-order valence-corrected chi connectivity index (χ2v) is 4.78. The molecule has 1 aromatic carbocycles. The van der Waals surface area contributed by atoms with Crippen LogP contribution in [0.1, 0.15) is 18.1 Å². The fourth-order valence-electron chi connectivity index (χ4n) is 1.51. The van der Waals surface area contributed by atoms with Crippen LogP contribution in [0, 0.1) is 5.92 Å². The summed E-state index contributed by atoms with van der Waals surface area (Å²) < 4.78 is 40.3. The minimum absolute atomic E-state index is 0.101. The summed E-state index contributed by atoms with van der Waals surface area (Å²) in [5.41, 5.74) is 6.88. The number of rotatable bonds is 7. The molecule has 1 aromatic rings. The van der Waals surface area contributed by atoms with Gasteiger partial charge in [0.05, 0.1) is 6.61 Å². The monoisotopic (exact) mass is 304 g/mol. The van der Waals surface area contributed by atoms with Crippen LogP contribution in [0.25, 0.3) is 0 Å². The zero-order chi connectivity index (χ0) is 15.9. The van der Waals surface area contributed by atoms with Crippen molar-refractivity contribution in [2.45, 2.75) is 26.3 Å². The van der Waals surface area contributed by atoms with E-state index in [4.69, 9.17) is 5.73 Å². The third-order valence-corrected chi connectivity index (χ3v) is 2.83. The average Bonchev–Trinajstić information content (AvgIpc) is 2.44. The fraction of sp³-hybridized carbons (Fsp3) is 0.500. The van der Waals surface area contributed by atoms with E-state index in [9.17, 15) is 18.0 Å². The predicted molar refractivity (Wildman–Crippen MR) is 72.2 cm³/mol. The molecule has 1 unspecified atom stereocenters. The number of carbonyl (C=O) groups excluding carboxylic acids is 1. The number of amides is 1. The van der Waals surface area contributed by atoms with Crippen molar-refractivity contribution in [3.63, 3.8) is 0 Å². The van der Waals surface area contributed by atoms with Crippen molar-refractivity contribution < 1.29 is 22.7 Å². The molecule has 0 spiro atoms. The highest BCUT2D eigenvalue weighted by Crippen LogP contribution is 2.15. The molecule has 4 nitrogen and oxygen atoms in total. The van der Waals surface area contributed by atoms with Crippen molar-refractivity contribution in [3.8, 4) is 0 Å². The number of nitrogens with two attached hydrogens (primary N) is 1. The molecule has 0 saturated heterocycles. The molecule has 0 heterocycles. The molecule has 3 N–H and O–H groups in total. The third kappa shape index (κ3) is 7.10. The van der Waals surface area contributed by atoms with Gasteiger partial charge in [-0.2, -0.15) is 13.2 Å². The van der Waals surface area contributed by atoms with Gasteiger partial charge in [0.15, 0.2) is 0 Å². The van der Waals surface area contributed by atoms with Crippen LogP contribution in [0.2, 0.25) is 0 Å². The molecule has 1 amide bonds. The van der Waals surface area contributed by atoms with E-state index < -0.39 is 12.8 Å². The Labute approximate surface area is 121 Å². The van der Waals surface area contributed by atoms with E-state index in [1.54, 1.807) is 31.2 Å². The van der Waals surface area contributed by atoms with Crippen LogP contribution in [0.4, 0.5) is 13.2 Å². The van der Waals surface area contributed by atoms with Crippen LogP contribution < -0.4 is 11.1 Å². The molecule has 0 aliphatic carbocycles. The van der Waals surface area contributed by atoms with Gasteiger partial charge in [0, 0.05) is 19.0 Å². The maximum absolute atomic E-state index is 11.9. The first-order chi connectivity index (χ1) is 9.81. The number of nitrogens with one attached hydrogen (secondary N) is 1. The molecule has 0 bridgehead atoms. The SMILES string of the molecule is CC(CN)C(=O)NCc1ccc(COCC(F)(F)F)cc1. The molecule has 0 saturated carbocycles. The van der Waals surface area contributed by atoms with Gasteiger partial charge in [-0.15, -0.1) is 0 Å². The first kappa shape index (κ1) is 17.5.